The number of hydrogen-bond acceptors (Lipinski definition) is 3. The molecule has 0 atom stereocenters. The van der Waals surface area contributed by atoms with Gasteiger partial charge in [0, 0.05) is 18.0 Å². The van der Waals surface area contributed by atoms with E-state index in [1.165, 1.54) is 12.1 Å². The molecule has 1 aliphatic rings. The summed E-state index contributed by atoms with van der Waals surface area (Å²) in [7, 11) is 0. The lowest BCUT2D eigenvalue weighted by molar-refractivity contribution is 0.0971. The maximum absolute atomic E-state index is 13.1. The molecular formula is C17H17FN2O. The fraction of sp³-hybridized carbons (Fsp3) is 0.353. The van der Waals surface area contributed by atoms with E-state index in [1.54, 1.807) is 18.3 Å². The summed E-state index contributed by atoms with van der Waals surface area (Å²) in [5.74, 6) is 0.538. The fourth-order valence-corrected chi connectivity index (χ4v) is 2.69. The number of carbonyl (C=O) groups excluding carboxylic acids is 1. The molecule has 1 aromatic carbocycles. The minimum Gasteiger partial charge on any atom is -0.294 e. The van der Waals surface area contributed by atoms with Crippen molar-refractivity contribution < 1.29 is 9.18 Å². The number of halogens is 1. The van der Waals surface area contributed by atoms with Gasteiger partial charge in [0.2, 0.25) is 0 Å². The first kappa shape index (κ1) is 13.9. The second kappa shape index (κ2) is 5.02. The third-order valence-corrected chi connectivity index (χ3v) is 4.11. The molecule has 3 rings (SSSR count). The maximum atomic E-state index is 13.1. The molecule has 0 saturated heterocycles. The number of Topliss-reactive ketones (excluding diaryl/α,β-unsaturated/α-hetero) is 1. The van der Waals surface area contributed by atoms with Crippen LogP contribution in [-0.4, -0.2) is 15.8 Å². The number of benzene rings is 1. The lowest BCUT2D eigenvalue weighted by atomic mass is 9.83. The Hall–Kier alpha value is -2.10. The van der Waals surface area contributed by atoms with Crippen LogP contribution in [0, 0.1) is 5.82 Å². The van der Waals surface area contributed by atoms with Crippen molar-refractivity contribution in [3.05, 3.63) is 58.9 Å². The Morgan fingerprint density at radius 3 is 2.57 bits per heavy atom. The molecule has 0 aliphatic heterocycles. The molecule has 0 unspecified atom stereocenters. The highest BCUT2D eigenvalue weighted by atomic mass is 19.1. The fourth-order valence-electron chi connectivity index (χ4n) is 2.69. The topological polar surface area (TPSA) is 42.9 Å². The van der Waals surface area contributed by atoms with Gasteiger partial charge in [-0.1, -0.05) is 12.1 Å². The standard InChI is InChI=1S/C17H17FN2O/c1-17(2,11-6-8-12(18)9-7-11)16-19-10-13-14(20-16)4-3-5-15(13)21/h6-10H,3-5H2,1-2H3. The van der Waals surface area contributed by atoms with Crippen LogP contribution in [0.15, 0.2) is 30.5 Å². The number of carbonyl (C=O) groups is 1. The van der Waals surface area contributed by atoms with Crippen LogP contribution in [0.4, 0.5) is 4.39 Å². The Kier molecular flexibility index (Phi) is 3.32. The zero-order valence-corrected chi connectivity index (χ0v) is 12.2. The van der Waals surface area contributed by atoms with Crippen LogP contribution < -0.4 is 0 Å². The molecule has 1 aromatic heterocycles. The predicted molar refractivity (Wildman–Crippen MR) is 77.8 cm³/mol. The van der Waals surface area contributed by atoms with Crippen molar-refractivity contribution in [2.24, 2.45) is 0 Å². The Morgan fingerprint density at radius 1 is 1.14 bits per heavy atom. The Balaban J connectivity index is 2.03. The number of aryl methyl sites for hydroxylation is 1. The molecule has 2 aromatic rings. The summed E-state index contributed by atoms with van der Waals surface area (Å²) in [5, 5.41) is 0. The van der Waals surface area contributed by atoms with Crippen LogP contribution in [0.2, 0.25) is 0 Å². The average molecular weight is 284 g/mol. The third kappa shape index (κ3) is 2.46. The number of aromatic nitrogens is 2. The van der Waals surface area contributed by atoms with E-state index in [4.69, 9.17) is 0 Å². The van der Waals surface area contributed by atoms with Gasteiger partial charge in [0.1, 0.15) is 11.6 Å². The van der Waals surface area contributed by atoms with Gasteiger partial charge >= 0.3 is 0 Å². The molecular weight excluding hydrogens is 267 g/mol. The van der Waals surface area contributed by atoms with Crippen LogP contribution in [0.5, 0.6) is 0 Å². The molecule has 4 heteroatoms. The van der Waals surface area contributed by atoms with Crippen molar-refractivity contribution in [1.29, 1.82) is 0 Å². The minimum atomic E-state index is -0.427. The molecule has 1 heterocycles. The number of fused-ring (bicyclic) bond motifs is 1. The van der Waals surface area contributed by atoms with Gasteiger partial charge in [0.15, 0.2) is 5.78 Å². The molecule has 0 saturated carbocycles. The van der Waals surface area contributed by atoms with Crippen molar-refractivity contribution in [2.45, 2.75) is 38.5 Å². The molecule has 0 amide bonds. The molecule has 21 heavy (non-hydrogen) atoms. The largest absolute Gasteiger partial charge is 0.294 e. The number of nitrogens with zero attached hydrogens (tertiary/aromatic N) is 2. The van der Waals surface area contributed by atoms with Gasteiger partial charge < -0.3 is 0 Å². The van der Waals surface area contributed by atoms with Crippen LogP contribution in [0.25, 0.3) is 0 Å². The molecule has 0 radical (unpaired) electrons. The summed E-state index contributed by atoms with van der Waals surface area (Å²) in [4.78, 5) is 20.8. The highest BCUT2D eigenvalue weighted by Gasteiger charge is 2.28. The number of ketones is 1. The lowest BCUT2D eigenvalue weighted by Gasteiger charge is -2.25. The number of hydrogen-bond donors (Lipinski definition) is 0. The minimum absolute atomic E-state index is 0.127. The summed E-state index contributed by atoms with van der Waals surface area (Å²) in [6, 6.07) is 6.39. The SMILES string of the molecule is CC(C)(c1ccc(F)cc1)c1ncc2c(n1)CCCC2=O. The monoisotopic (exact) mass is 284 g/mol. The van der Waals surface area contributed by atoms with Gasteiger partial charge in [-0.3, -0.25) is 4.79 Å². The van der Waals surface area contributed by atoms with Gasteiger partial charge in [-0.15, -0.1) is 0 Å². The van der Waals surface area contributed by atoms with Crippen LogP contribution in [0.3, 0.4) is 0 Å². The van der Waals surface area contributed by atoms with Gasteiger partial charge in [-0.25, -0.2) is 14.4 Å². The zero-order valence-electron chi connectivity index (χ0n) is 12.2. The van der Waals surface area contributed by atoms with E-state index in [9.17, 15) is 9.18 Å². The Morgan fingerprint density at radius 2 is 1.86 bits per heavy atom. The Bertz CT molecular complexity index is 692. The summed E-state index contributed by atoms with van der Waals surface area (Å²) in [6.07, 6.45) is 3.89. The highest BCUT2D eigenvalue weighted by Crippen LogP contribution is 2.30. The van der Waals surface area contributed by atoms with E-state index < -0.39 is 5.41 Å². The first-order valence-corrected chi connectivity index (χ1v) is 7.14. The summed E-state index contributed by atoms with van der Waals surface area (Å²) < 4.78 is 13.1. The van der Waals surface area contributed by atoms with Crippen LogP contribution in [-0.2, 0) is 11.8 Å². The highest BCUT2D eigenvalue weighted by molar-refractivity contribution is 5.97. The molecule has 0 bridgehead atoms. The van der Waals surface area contributed by atoms with E-state index in [1.807, 2.05) is 13.8 Å². The molecule has 0 N–H and O–H groups in total. The van der Waals surface area contributed by atoms with Crippen molar-refractivity contribution >= 4 is 5.78 Å². The summed E-state index contributed by atoms with van der Waals surface area (Å²) in [5.41, 5.74) is 2.01. The first-order valence-electron chi connectivity index (χ1n) is 7.14. The molecule has 108 valence electrons. The van der Waals surface area contributed by atoms with Gasteiger partial charge in [0.05, 0.1) is 11.3 Å². The predicted octanol–water partition coefficient (Wildman–Crippen LogP) is 3.46. The number of rotatable bonds is 2. The van der Waals surface area contributed by atoms with Crippen LogP contribution in [0.1, 0.15) is 54.1 Å². The lowest BCUT2D eigenvalue weighted by Crippen LogP contribution is -2.25. The van der Waals surface area contributed by atoms with Crippen LogP contribution >= 0.6 is 0 Å². The van der Waals surface area contributed by atoms with Crippen molar-refractivity contribution in [3.8, 4) is 0 Å². The van der Waals surface area contributed by atoms with E-state index in [-0.39, 0.29) is 11.6 Å². The second-order valence-electron chi connectivity index (χ2n) is 5.96. The van der Waals surface area contributed by atoms with Gasteiger partial charge in [-0.05, 0) is 44.4 Å². The van der Waals surface area contributed by atoms with Crippen molar-refractivity contribution in [2.75, 3.05) is 0 Å². The Labute approximate surface area is 123 Å². The molecule has 0 fully saturated rings. The van der Waals surface area contributed by atoms with E-state index in [0.29, 0.717) is 17.8 Å². The summed E-state index contributed by atoms with van der Waals surface area (Å²) >= 11 is 0. The molecule has 1 aliphatic carbocycles. The average Bonchev–Trinajstić information content (AvgIpc) is 2.47. The summed E-state index contributed by atoms with van der Waals surface area (Å²) in [6.45, 7) is 4.01. The quantitative estimate of drug-likeness (QED) is 0.848. The van der Waals surface area contributed by atoms with Gasteiger partial charge in [0.25, 0.3) is 0 Å². The van der Waals surface area contributed by atoms with E-state index >= 15 is 0 Å². The second-order valence-corrected chi connectivity index (χ2v) is 5.96. The van der Waals surface area contributed by atoms with Crippen molar-refractivity contribution in [3.63, 3.8) is 0 Å². The third-order valence-electron chi connectivity index (χ3n) is 4.11. The molecule has 0 spiro atoms. The maximum Gasteiger partial charge on any atom is 0.166 e. The normalized spacial score (nSPS) is 14.9. The van der Waals surface area contributed by atoms with E-state index in [2.05, 4.69) is 9.97 Å². The zero-order chi connectivity index (χ0) is 15.0. The molecule has 3 nitrogen and oxygen atoms in total. The smallest absolute Gasteiger partial charge is 0.166 e. The van der Waals surface area contributed by atoms with Gasteiger partial charge in [-0.2, -0.15) is 0 Å². The van der Waals surface area contributed by atoms with E-state index in [0.717, 1.165) is 24.1 Å². The van der Waals surface area contributed by atoms with Crippen molar-refractivity contribution in [1.82, 2.24) is 9.97 Å². The first-order chi connectivity index (χ1) is 9.98.